The normalized spacial score (nSPS) is 15.0. The van der Waals surface area contributed by atoms with Crippen LogP contribution in [0.4, 0.5) is 0 Å². The first-order chi connectivity index (χ1) is 14.9. The van der Waals surface area contributed by atoms with Gasteiger partial charge in [-0.1, -0.05) is 53.5 Å². The Labute approximate surface area is 189 Å². The van der Waals surface area contributed by atoms with Gasteiger partial charge >= 0.3 is 5.97 Å². The zero-order valence-electron chi connectivity index (χ0n) is 16.4. The lowest BCUT2D eigenvalue weighted by molar-refractivity contribution is 0.0733. The topological polar surface area (TPSA) is 85.3 Å². The third-order valence-electron chi connectivity index (χ3n) is 5.04. The molecule has 0 bridgehead atoms. The van der Waals surface area contributed by atoms with Crippen LogP contribution in [0.15, 0.2) is 72.1 Å². The summed E-state index contributed by atoms with van der Waals surface area (Å²) in [6.45, 7) is 1.84. The molecule has 0 saturated carbocycles. The van der Waals surface area contributed by atoms with Gasteiger partial charge in [-0.15, -0.1) is 0 Å². The molecule has 0 radical (unpaired) electrons. The molecule has 0 saturated heterocycles. The van der Waals surface area contributed by atoms with Gasteiger partial charge < -0.3 is 15.2 Å². The Bertz CT molecular complexity index is 1280. The molecule has 0 spiro atoms. The van der Waals surface area contributed by atoms with Crippen LogP contribution in [0.5, 0.6) is 11.5 Å². The van der Waals surface area contributed by atoms with Crippen LogP contribution in [0, 0.1) is 18.3 Å². The lowest BCUT2D eigenvalue weighted by atomic mass is 9.83. The zero-order valence-corrected chi connectivity index (χ0v) is 17.9. The summed E-state index contributed by atoms with van der Waals surface area (Å²) in [5.41, 5.74) is 8.89. The van der Waals surface area contributed by atoms with E-state index in [-0.39, 0.29) is 11.5 Å². The number of carbonyl (C=O) groups is 1. The number of nitrogens with two attached hydrogens (primary N) is 1. The van der Waals surface area contributed by atoms with Crippen LogP contribution < -0.4 is 15.2 Å². The van der Waals surface area contributed by atoms with Crippen molar-refractivity contribution in [2.45, 2.75) is 12.8 Å². The van der Waals surface area contributed by atoms with Crippen LogP contribution in [0.2, 0.25) is 10.0 Å². The average molecular weight is 451 g/mol. The third-order valence-corrected chi connectivity index (χ3v) is 5.60. The maximum atomic E-state index is 12.6. The number of ether oxygens (including phenoxy) is 2. The molecule has 0 fully saturated rings. The van der Waals surface area contributed by atoms with E-state index in [9.17, 15) is 10.1 Å². The summed E-state index contributed by atoms with van der Waals surface area (Å²) in [7, 11) is 0. The molecule has 0 amide bonds. The average Bonchev–Trinajstić information content (AvgIpc) is 2.73. The summed E-state index contributed by atoms with van der Waals surface area (Å²) < 4.78 is 11.2. The summed E-state index contributed by atoms with van der Waals surface area (Å²) in [5.74, 6) is -0.385. The first-order valence-corrected chi connectivity index (χ1v) is 10.1. The highest BCUT2D eigenvalue weighted by molar-refractivity contribution is 6.35. The molecular formula is C24H16Cl2N2O3. The van der Waals surface area contributed by atoms with Gasteiger partial charge in [-0.3, -0.25) is 0 Å². The molecule has 0 aromatic heterocycles. The number of hydrogen-bond donors (Lipinski definition) is 1. The van der Waals surface area contributed by atoms with E-state index in [1.807, 2.05) is 19.1 Å². The van der Waals surface area contributed by atoms with E-state index in [2.05, 4.69) is 6.07 Å². The molecule has 1 atom stereocenters. The summed E-state index contributed by atoms with van der Waals surface area (Å²) in [5, 5.41) is 10.6. The Hall–Kier alpha value is -3.46. The van der Waals surface area contributed by atoms with E-state index in [0.29, 0.717) is 38.2 Å². The SMILES string of the molecule is Cc1ccccc1C(=O)Oc1ccc2c(c1)OC(N)=C(C#N)C2c1ccc(Cl)cc1Cl. The fourth-order valence-electron chi connectivity index (χ4n) is 3.52. The van der Waals surface area contributed by atoms with Crippen LogP contribution in [0.1, 0.15) is 33.0 Å². The van der Waals surface area contributed by atoms with Crippen molar-refractivity contribution in [2.24, 2.45) is 5.73 Å². The van der Waals surface area contributed by atoms with Gasteiger partial charge in [0.25, 0.3) is 0 Å². The predicted octanol–water partition coefficient (Wildman–Crippen LogP) is 5.74. The minimum atomic E-state index is -0.542. The second-order valence-electron chi connectivity index (χ2n) is 6.99. The maximum Gasteiger partial charge on any atom is 0.343 e. The van der Waals surface area contributed by atoms with Gasteiger partial charge in [0.1, 0.15) is 23.1 Å². The highest BCUT2D eigenvalue weighted by Crippen LogP contribution is 2.45. The van der Waals surface area contributed by atoms with E-state index in [1.165, 1.54) is 0 Å². The fourth-order valence-corrected chi connectivity index (χ4v) is 4.04. The molecule has 1 aliphatic heterocycles. The summed E-state index contributed by atoms with van der Waals surface area (Å²) in [6, 6.07) is 19.3. The number of fused-ring (bicyclic) bond motifs is 1. The first kappa shape index (κ1) is 20.8. The van der Waals surface area contributed by atoms with Crippen molar-refractivity contribution >= 4 is 29.2 Å². The molecule has 0 aliphatic carbocycles. The number of hydrogen-bond acceptors (Lipinski definition) is 5. The molecule has 31 heavy (non-hydrogen) atoms. The van der Waals surface area contributed by atoms with E-state index in [4.69, 9.17) is 38.4 Å². The number of aryl methyl sites for hydroxylation is 1. The summed E-state index contributed by atoms with van der Waals surface area (Å²) in [6.07, 6.45) is 0. The Morgan fingerprint density at radius 1 is 1.10 bits per heavy atom. The van der Waals surface area contributed by atoms with Crippen molar-refractivity contribution in [3.8, 4) is 17.6 Å². The lowest BCUT2D eigenvalue weighted by Gasteiger charge is -2.27. The van der Waals surface area contributed by atoms with Crippen LogP contribution >= 0.6 is 23.2 Å². The fraction of sp³-hybridized carbons (Fsp3) is 0.0833. The highest BCUT2D eigenvalue weighted by atomic mass is 35.5. The zero-order chi connectivity index (χ0) is 22.1. The van der Waals surface area contributed by atoms with Gasteiger partial charge in [0, 0.05) is 21.7 Å². The lowest BCUT2D eigenvalue weighted by Crippen LogP contribution is -2.21. The molecule has 4 rings (SSSR count). The van der Waals surface area contributed by atoms with Crippen molar-refractivity contribution in [2.75, 3.05) is 0 Å². The minimum absolute atomic E-state index is 0.0339. The van der Waals surface area contributed by atoms with E-state index >= 15 is 0 Å². The van der Waals surface area contributed by atoms with E-state index in [1.54, 1.807) is 48.5 Å². The smallest absolute Gasteiger partial charge is 0.343 e. The Kier molecular flexibility index (Phi) is 5.60. The van der Waals surface area contributed by atoms with Crippen LogP contribution in [0.25, 0.3) is 0 Å². The van der Waals surface area contributed by atoms with Crippen molar-refractivity contribution in [1.29, 1.82) is 5.26 Å². The molecule has 1 heterocycles. The van der Waals surface area contributed by atoms with Gasteiger partial charge in [0.05, 0.1) is 11.5 Å². The Balaban J connectivity index is 1.73. The van der Waals surface area contributed by atoms with Crippen molar-refractivity contribution in [3.63, 3.8) is 0 Å². The van der Waals surface area contributed by atoms with Gasteiger partial charge in [0.2, 0.25) is 5.88 Å². The summed E-state index contributed by atoms with van der Waals surface area (Å²) >= 11 is 12.4. The number of nitrogens with zero attached hydrogens (tertiary/aromatic N) is 1. The van der Waals surface area contributed by atoms with Gasteiger partial charge in [-0.25, -0.2) is 4.79 Å². The predicted molar refractivity (Wildman–Crippen MR) is 118 cm³/mol. The molecule has 2 N–H and O–H groups in total. The molecular weight excluding hydrogens is 435 g/mol. The molecule has 3 aromatic rings. The van der Waals surface area contributed by atoms with E-state index in [0.717, 1.165) is 5.56 Å². The van der Waals surface area contributed by atoms with Crippen molar-refractivity contribution in [1.82, 2.24) is 0 Å². The molecule has 154 valence electrons. The molecule has 1 aliphatic rings. The summed E-state index contributed by atoms with van der Waals surface area (Å²) in [4.78, 5) is 12.6. The van der Waals surface area contributed by atoms with Gasteiger partial charge in [-0.2, -0.15) is 5.26 Å². The second kappa shape index (κ2) is 8.35. The first-order valence-electron chi connectivity index (χ1n) is 9.33. The maximum absolute atomic E-state index is 12.6. The highest BCUT2D eigenvalue weighted by Gasteiger charge is 2.32. The number of carbonyl (C=O) groups excluding carboxylic acids is 1. The standard InChI is InChI=1S/C24H16Cl2N2O3/c1-13-4-2-3-5-16(13)24(29)30-15-7-9-18-21(11-15)31-23(28)19(12-27)22(18)17-8-6-14(25)10-20(17)26/h2-11,22H,28H2,1H3. The van der Waals surface area contributed by atoms with Gasteiger partial charge in [-0.05, 0) is 42.3 Å². The monoisotopic (exact) mass is 450 g/mol. The minimum Gasteiger partial charge on any atom is -0.440 e. The number of esters is 1. The molecule has 1 unspecified atom stereocenters. The number of allylic oxidation sites excluding steroid dienone is 1. The van der Waals surface area contributed by atoms with Crippen molar-refractivity contribution in [3.05, 3.63) is 104 Å². The van der Waals surface area contributed by atoms with Gasteiger partial charge in [0.15, 0.2) is 0 Å². The molecule has 7 heteroatoms. The van der Waals surface area contributed by atoms with Crippen molar-refractivity contribution < 1.29 is 14.3 Å². The molecule has 3 aromatic carbocycles. The van der Waals surface area contributed by atoms with Crippen LogP contribution in [-0.2, 0) is 0 Å². The number of halogens is 2. The van der Waals surface area contributed by atoms with E-state index < -0.39 is 11.9 Å². The van der Waals surface area contributed by atoms with Crippen LogP contribution in [-0.4, -0.2) is 5.97 Å². The Morgan fingerprint density at radius 3 is 2.55 bits per heavy atom. The molecule has 5 nitrogen and oxygen atoms in total. The number of benzene rings is 3. The quantitative estimate of drug-likeness (QED) is 0.406. The number of rotatable bonds is 3. The Morgan fingerprint density at radius 2 is 1.84 bits per heavy atom. The van der Waals surface area contributed by atoms with Crippen LogP contribution in [0.3, 0.4) is 0 Å². The number of nitriles is 1. The second-order valence-corrected chi connectivity index (χ2v) is 7.84. The third kappa shape index (κ3) is 3.96. The largest absolute Gasteiger partial charge is 0.440 e.